The van der Waals surface area contributed by atoms with E-state index in [1.54, 1.807) is 11.8 Å². The molecule has 124 valence electrons. The fraction of sp³-hybridized carbons (Fsp3) is 0.562. The van der Waals surface area contributed by atoms with Crippen molar-refractivity contribution in [1.29, 1.82) is 0 Å². The minimum Gasteiger partial charge on any atom is -0.343 e. The molecule has 1 saturated heterocycles. The topological polar surface area (TPSA) is 46.3 Å². The molecule has 1 aliphatic rings. The highest BCUT2D eigenvalue weighted by Gasteiger charge is 2.24. The first kappa shape index (κ1) is 19.8. The summed E-state index contributed by atoms with van der Waals surface area (Å²) in [5.41, 5.74) is 5.94. The van der Waals surface area contributed by atoms with Crippen LogP contribution in [-0.2, 0) is 4.79 Å². The van der Waals surface area contributed by atoms with E-state index in [-0.39, 0.29) is 24.4 Å². The third kappa shape index (κ3) is 5.76. The third-order valence-corrected chi connectivity index (χ3v) is 6.08. The Kier molecular flexibility index (Phi) is 8.83. The van der Waals surface area contributed by atoms with Crippen LogP contribution in [-0.4, -0.2) is 35.7 Å². The Hall–Kier alpha value is -0.230. The number of nitrogens with zero attached hydrogens (tertiary/aromatic N) is 1. The molecule has 0 radical (unpaired) electrons. The summed E-state index contributed by atoms with van der Waals surface area (Å²) < 4.78 is 1.10. The van der Waals surface area contributed by atoms with Crippen molar-refractivity contribution in [1.82, 2.24) is 4.90 Å². The number of carbonyl (C=O) groups excluding carboxylic acids is 1. The maximum atomic E-state index is 12.2. The van der Waals surface area contributed by atoms with Gasteiger partial charge in [-0.3, -0.25) is 4.79 Å². The molecule has 22 heavy (non-hydrogen) atoms. The standard InChI is InChI=1S/C16H23BrN2OS.ClH/c1-12(18)13-6-9-19(10-7-13)16(20)8-11-21-15-5-3-2-4-14(15)17;/h2-5,12-13H,6-11,18H2,1H3;1H. The minimum atomic E-state index is 0. The Labute approximate surface area is 151 Å². The van der Waals surface area contributed by atoms with Gasteiger partial charge < -0.3 is 10.6 Å². The van der Waals surface area contributed by atoms with Gasteiger partial charge in [0, 0.05) is 40.7 Å². The van der Waals surface area contributed by atoms with Crippen molar-refractivity contribution < 1.29 is 4.79 Å². The van der Waals surface area contributed by atoms with Crippen molar-refractivity contribution in [3.05, 3.63) is 28.7 Å². The van der Waals surface area contributed by atoms with Crippen molar-refractivity contribution in [3.8, 4) is 0 Å². The molecule has 1 aromatic rings. The highest BCUT2D eigenvalue weighted by atomic mass is 79.9. The number of hydrogen-bond donors (Lipinski definition) is 1. The molecule has 0 spiro atoms. The van der Waals surface area contributed by atoms with Crippen LogP contribution < -0.4 is 5.73 Å². The van der Waals surface area contributed by atoms with Gasteiger partial charge in [0.2, 0.25) is 5.91 Å². The van der Waals surface area contributed by atoms with Crippen LogP contribution in [0.2, 0.25) is 0 Å². The van der Waals surface area contributed by atoms with E-state index in [2.05, 4.69) is 28.9 Å². The van der Waals surface area contributed by atoms with E-state index in [0.29, 0.717) is 12.3 Å². The van der Waals surface area contributed by atoms with Crippen molar-refractivity contribution in [2.45, 2.75) is 37.1 Å². The van der Waals surface area contributed by atoms with Crippen molar-refractivity contribution in [2.75, 3.05) is 18.8 Å². The van der Waals surface area contributed by atoms with E-state index >= 15 is 0 Å². The fourth-order valence-electron chi connectivity index (χ4n) is 2.64. The molecule has 1 amide bonds. The number of carbonyl (C=O) groups is 1. The summed E-state index contributed by atoms with van der Waals surface area (Å²) in [5.74, 6) is 1.68. The van der Waals surface area contributed by atoms with Crippen molar-refractivity contribution >= 4 is 46.0 Å². The summed E-state index contributed by atoms with van der Waals surface area (Å²) >= 11 is 5.26. The Balaban J connectivity index is 0.00000242. The lowest BCUT2D eigenvalue weighted by Crippen LogP contribution is -2.42. The number of amides is 1. The van der Waals surface area contributed by atoms with E-state index in [1.807, 2.05) is 23.1 Å². The Morgan fingerprint density at radius 2 is 2.05 bits per heavy atom. The molecule has 1 unspecified atom stereocenters. The lowest BCUT2D eigenvalue weighted by molar-refractivity contribution is -0.132. The zero-order valence-corrected chi connectivity index (χ0v) is 16.1. The van der Waals surface area contributed by atoms with Gasteiger partial charge in [-0.2, -0.15) is 0 Å². The summed E-state index contributed by atoms with van der Waals surface area (Å²) in [6, 6.07) is 8.37. The second-order valence-corrected chi connectivity index (χ2v) is 7.60. The SMILES string of the molecule is CC(N)C1CCN(C(=O)CCSc2ccccc2Br)CC1.Cl. The number of likely N-dealkylation sites (tertiary alicyclic amines) is 1. The summed E-state index contributed by atoms with van der Waals surface area (Å²) in [6.45, 7) is 3.80. The maximum Gasteiger partial charge on any atom is 0.223 e. The van der Waals surface area contributed by atoms with Crippen LogP contribution in [0.25, 0.3) is 0 Å². The van der Waals surface area contributed by atoms with E-state index in [9.17, 15) is 4.79 Å². The first-order valence-electron chi connectivity index (χ1n) is 7.48. The highest BCUT2D eigenvalue weighted by molar-refractivity contribution is 9.10. The highest BCUT2D eigenvalue weighted by Crippen LogP contribution is 2.28. The predicted molar refractivity (Wildman–Crippen MR) is 99.7 cm³/mol. The van der Waals surface area contributed by atoms with Crippen LogP contribution in [0.4, 0.5) is 0 Å². The van der Waals surface area contributed by atoms with Gasteiger partial charge in [-0.05, 0) is 53.7 Å². The number of piperidine rings is 1. The van der Waals surface area contributed by atoms with E-state index < -0.39 is 0 Å². The monoisotopic (exact) mass is 406 g/mol. The average molecular weight is 408 g/mol. The van der Waals surface area contributed by atoms with Crippen LogP contribution in [0, 0.1) is 5.92 Å². The van der Waals surface area contributed by atoms with E-state index in [1.165, 1.54) is 4.90 Å². The van der Waals surface area contributed by atoms with Gasteiger partial charge in [0.15, 0.2) is 0 Å². The predicted octanol–water partition coefficient (Wildman–Crippen LogP) is 3.94. The molecule has 1 fully saturated rings. The van der Waals surface area contributed by atoms with Gasteiger partial charge in [0.25, 0.3) is 0 Å². The maximum absolute atomic E-state index is 12.2. The van der Waals surface area contributed by atoms with Crippen LogP contribution in [0.15, 0.2) is 33.6 Å². The Bertz CT molecular complexity index is 479. The van der Waals surface area contributed by atoms with Gasteiger partial charge in [-0.25, -0.2) is 0 Å². The molecule has 0 aromatic heterocycles. The first-order valence-corrected chi connectivity index (χ1v) is 9.26. The largest absolute Gasteiger partial charge is 0.343 e. The Morgan fingerprint density at radius 1 is 1.41 bits per heavy atom. The second-order valence-electron chi connectivity index (χ2n) is 5.61. The molecular formula is C16H24BrClN2OS. The quantitative estimate of drug-likeness (QED) is 0.752. The van der Waals surface area contributed by atoms with Crippen LogP contribution in [0.5, 0.6) is 0 Å². The molecule has 1 atom stereocenters. The molecule has 1 aromatic carbocycles. The fourth-order valence-corrected chi connectivity index (χ4v) is 4.15. The van der Waals surface area contributed by atoms with Gasteiger partial charge in [-0.1, -0.05) is 12.1 Å². The number of rotatable bonds is 5. The summed E-state index contributed by atoms with van der Waals surface area (Å²) in [6.07, 6.45) is 2.69. The van der Waals surface area contributed by atoms with E-state index in [4.69, 9.17) is 5.73 Å². The molecule has 0 aliphatic carbocycles. The molecule has 2 rings (SSSR count). The molecule has 2 N–H and O–H groups in total. The number of benzene rings is 1. The molecule has 1 aliphatic heterocycles. The normalized spacial score (nSPS) is 17.0. The van der Waals surface area contributed by atoms with Crippen LogP contribution in [0.1, 0.15) is 26.2 Å². The molecule has 3 nitrogen and oxygen atoms in total. The molecule has 0 saturated carbocycles. The summed E-state index contributed by atoms with van der Waals surface area (Å²) in [7, 11) is 0. The van der Waals surface area contributed by atoms with Gasteiger partial charge >= 0.3 is 0 Å². The summed E-state index contributed by atoms with van der Waals surface area (Å²) in [4.78, 5) is 15.4. The number of thioether (sulfide) groups is 1. The number of halogens is 2. The summed E-state index contributed by atoms with van der Waals surface area (Å²) in [5, 5.41) is 0. The molecule has 6 heteroatoms. The van der Waals surface area contributed by atoms with Crippen LogP contribution in [0.3, 0.4) is 0 Å². The van der Waals surface area contributed by atoms with E-state index in [0.717, 1.165) is 36.2 Å². The zero-order chi connectivity index (χ0) is 15.2. The second kappa shape index (κ2) is 9.81. The molecular weight excluding hydrogens is 384 g/mol. The smallest absolute Gasteiger partial charge is 0.223 e. The molecule has 0 bridgehead atoms. The van der Waals surface area contributed by atoms with Gasteiger partial charge in [-0.15, -0.1) is 24.2 Å². The number of nitrogens with two attached hydrogens (primary N) is 1. The first-order chi connectivity index (χ1) is 10.1. The average Bonchev–Trinajstić information content (AvgIpc) is 2.49. The minimum absolute atomic E-state index is 0. The van der Waals surface area contributed by atoms with Gasteiger partial charge in [0.05, 0.1) is 0 Å². The lowest BCUT2D eigenvalue weighted by Gasteiger charge is -2.33. The van der Waals surface area contributed by atoms with Crippen LogP contribution >= 0.6 is 40.1 Å². The lowest BCUT2D eigenvalue weighted by atomic mass is 9.91. The zero-order valence-electron chi connectivity index (χ0n) is 12.8. The number of hydrogen-bond acceptors (Lipinski definition) is 3. The van der Waals surface area contributed by atoms with Gasteiger partial charge in [0.1, 0.15) is 0 Å². The third-order valence-electron chi connectivity index (χ3n) is 4.05. The molecule has 1 heterocycles. The van der Waals surface area contributed by atoms with Crippen molar-refractivity contribution in [3.63, 3.8) is 0 Å². The Morgan fingerprint density at radius 3 is 2.64 bits per heavy atom. The van der Waals surface area contributed by atoms with Crippen molar-refractivity contribution in [2.24, 2.45) is 11.7 Å².